The van der Waals surface area contributed by atoms with Crippen molar-refractivity contribution in [2.45, 2.75) is 111 Å². The van der Waals surface area contributed by atoms with Crippen molar-refractivity contribution in [1.29, 1.82) is 0 Å². The van der Waals surface area contributed by atoms with E-state index in [-0.39, 0.29) is 0 Å². The molecule has 1 aliphatic heterocycles. The van der Waals surface area contributed by atoms with Gasteiger partial charge in [0, 0.05) is 26.2 Å². The van der Waals surface area contributed by atoms with E-state index in [0.717, 1.165) is 26.1 Å². The Morgan fingerprint density at radius 3 is 1.70 bits per heavy atom. The molecule has 0 aromatic heterocycles. The standard InChI is InChI=1S/C16H34O3.C6H12O2/c1-5-9-10-11-12-13-14-15-16(17-6-2,18-7-3)19-8-4;1-5(2)7-3-6-4-8-6/h5-15H2,1-4H3;5-6H,3-4H2,1-2H3. The van der Waals surface area contributed by atoms with Crippen LogP contribution in [0.1, 0.15) is 92.9 Å². The van der Waals surface area contributed by atoms with Gasteiger partial charge in [-0.1, -0.05) is 45.4 Å². The fourth-order valence-electron chi connectivity index (χ4n) is 2.76. The number of unbranched alkanes of at least 4 members (excludes halogenated alkanes) is 6. The second-order valence-corrected chi connectivity index (χ2v) is 7.19. The van der Waals surface area contributed by atoms with Crippen LogP contribution >= 0.6 is 0 Å². The van der Waals surface area contributed by atoms with Crippen LogP contribution in [0.25, 0.3) is 0 Å². The van der Waals surface area contributed by atoms with Crippen molar-refractivity contribution in [3.8, 4) is 0 Å². The van der Waals surface area contributed by atoms with Crippen LogP contribution in [0.15, 0.2) is 0 Å². The summed E-state index contributed by atoms with van der Waals surface area (Å²) in [4.78, 5) is 0. The lowest BCUT2D eigenvalue weighted by Crippen LogP contribution is -2.39. The Morgan fingerprint density at radius 2 is 1.30 bits per heavy atom. The first-order valence-corrected chi connectivity index (χ1v) is 11.2. The first kappa shape index (κ1) is 26.8. The Morgan fingerprint density at radius 1 is 0.815 bits per heavy atom. The highest BCUT2D eigenvalue weighted by atomic mass is 16.9. The van der Waals surface area contributed by atoms with Gasteiger partial charge in [-0.15, -0.1) is 0 Å². The van der Waals surface area contributed by atoms with E-state index >= 15 is 0 Å². The largest absolute Gasteiger partial charge is 0.376 e. The molecule has 1 unspecified atom stereocenters. The maximum absolute atomic E-state index is 5.71. The molecule has 27 heavy (non-hydrogen) atoms. The molecule has 0 bridgehead atoms. The Balaban J connectivity index is 0.000000694. The van der Waals surface area contributed by atoms with Gasteiger partial charge in [0.05, 0.1) is 19.3 Å². The van der Waals surface area contributed by atoms with Crippen LogP contribution in [-0.2, 0) is 23.7 Å². The van der Waals surface area contributed by atoms with E-state index in [1.165, 1.54) is 38.5 Å². The van der Waals surface area contributed by atoms with Crippen molar-refractivity contribution in [3.63, 3.8) is 0 Å². The van der Waals surface area contributed by atoms with Crippen molar-refractivity contribution < 1.29 is 23.7 Å². The monoisotopic (exact) mass is 390 g/mol. The fraction of sp³-hybridized carbons (Fsp3) is 1.00. The van der Waals surface area contributed by atoms with E-state index in [2.05, 4.69) is 6.92 Å². The van der Waals surface area contributed by atoms with E-state index < -0.39 is 5.97 Å². The third kappa shape index (κ3) is 16.5. The average molecular weight is 391 g/mol. The lowest BCUT2D eigenvalue weighted by molar-refractivity contribution is -0.380. The SMILES string of the molecule is CC(C)OCC1CO1.CCCCCCCCCC(OCC)(OCC)OCC. The molecule has 1 fully saturated rings. The Hall–Kier alpha value is -0.200. The second kappa shape index (κ2) is 17.9. The summed E-state index contributed by atoms with van der Waals surface area (Å²) < 4.78 is 27.3. The summed E-state index contributed by atoms with van der Waals surface area (Å²) in [6, 6.07) is 0. The van der Waals surface area contributed by atoms with Crippen LogP contribution in [0.4, 0.5) is 0 Å². The third-order valence-electron chi connectivity index (χ3n) is 4.20. The fourth-order valence-corrected chi connectivity index (χ4v) is 2.76. The van der Waals surface area contributed by atoms with Gasteiger partial charge in [-0.3, -0.25) is 0 Å². The van der Waals surface area contributed by atoms with Gasteiger partial charge >= 0.3 is 0 Å². The van der Waals surface area contributed by atoms with Gasteiger partial charge in [-0.2, -0.15) is 0 Å². The summed E-state index contributed by atoms with van der Waals surface area (Å²) in [6.45, 7) is 15.8. The highest BCUT2D eigenvalue weighted by Gasteiger charge is 2.31. The molecule has 0 radical (unpaired) electrons. The number of rotatable bonds is 17. The van der Waals surface area contributed by atoms with Crippen LogP contribution in [0.2, 0.25) is 0 Å². The minimum Gasteiger partial charge on any atom is -0.376 e. The molecular formula is C22H46O5. The Labute approximate surface area is 168 Å². The molecule has 0 N–H and O–H groups in total. The molecule has 0 aliphatic carbocycles. The predicted molar refractivity (Wildman–Crippen MR) is 111 cm³/mol. The van der Waals surface area contributed by atoms with Gasteiger partial charge in [-0.25, -0.2) is 0 Å². The third-order valence-corrected chi connectivity index (χ3v) is 4.20. The topological polar surface area (TPSA) is 49.5 Å². The maximum atomic E-state index is 5.71. The zero-order valence-electron chi connectivity index (χ0n) is 18.9. The number of ether oxygens (including phenoxy) is 5. The van der Waals surface area contributed by atoms with E-state index in [9.17, 15) is 0 Å². The van der Waals surface area contributed by atoms with Gasteiger partial charge < -0.3 is 23.7 Å². The summed E-state index contributed by atoms with van der Waals surface area (Å²) in [6.07, 6.45) is 10.6. The first-order valence-electron chi connectivity index (χ1n) is 11.2. The first-order chi connectivity index (χ1) is 13.0. The summed E-state index contributed by atoms with van der Waals surface area (Å²) in [5.41, 5.74) is 0. The van der Waals surface area contributed by atoms with E-state index in [1.807, 2.05) is 34.6 Å². The molecule has 0 aromatic carbocycles. The Kier molecular flexibility index (Phi) is 17.7. The zero-order valence-corrected chi connectivity index (χ0v) is 18.9. The highest BCUT2D eigenvalue weighted by molar-refractivity contribution is 4.67. The lowest BCUT2D eigenvalue weighted by Gasteiger charge is -2.32. The molecule has 1 rings (SSSR count). The van der Waals surface area contributed by atoms with E-state index in [1.54, 1.807) is 0 Å². The summed E-state index contributed by atoms with van der Waals surface area (Å²) in [5, 5.41) is 0. The van der Waals surface area contributed by atoms with E-state index in [4.69, 9.17) is 23.7 Å². The molecule has 0 amide bonds. The van der Waals surface area contributed by atoms with Crippen molar-refractivity contribution in [2.75, 3.05) is 33.0 Å². The molecule has 1 saturated heterocycles. The molecule has 0 saturated carbocycles. The van der Waals surface area contributed by atoms with Crippen LogP contribution < -0.4 is 0 Å². The van der Waals surface area contributed by atoms with E-state index in [0.29, 0.717) is 32.0 Å². The van der Waals surface area contributed by atoms with Crippen molar-refractivity contribution in [1.82, 2.24) is 0 Å². The molecule has 5 heteroatoms. The minimum absolute atomic E-state index is 0.346. The predicted octanol–water partition coefficient (Wildman–Crippen LogP) is 5.70. The van der Waals surface area contributed by atoms with Gasteiger partial charge in [0.2, 0.25) is 0 Å². The molecule has 164 valence electrons. The molecule has 1 aliphatic rings. The quantitative estimate of drug-likeness (QED) is 0.181. The normalized spacial score (nSPS) is 16.3. The smallest absolute Gasteiger partial charge is 0.282 e. The summed E-state index contributed by atoms with van der Waals surface area (Å²) >= 11 is 0. The van der Waals surface area contributed by atoms with Crippen LogP contribution in [0.3, 0.4) is 0 Å². The second-order valence-electron chi connectivity index (χ2n) is 7.19. The van der Waals surface area contributed by atoms with Crippen molar-refractivity contribution in [3.05, 3.63) is 0 Å². The maximum Gasteiger partial charge on any atom is 0.282 e. The molecule has 1 atom stereocenters. The van der Waals surface area contributed by atoms with Crippen molar-refractivity contribution >= 4 is 0 Å². The molecule has 0 aromatic rings. The summed E-state index contributed by atoms with van der Waals surface area (Å²) in [7, 11) is 0. The Bertz CT molecular complexity index is 286. The van der Waals surface area contributed by atoms with Crippen LogP contribution in [0.5, 0.6) is 0 Å². The number of hydrogen-bond donors (Lipinski definition) is 0. The minimum atomic E-state index is -0.804. The van der Waals surface area contributed by atoms with Gasteiger partial charge in [0.1, 0.15) is 6.10 Å². The van der Waals surface area contributed by atoms with Crippen molar-refractivity contribution in [2.24, 2.45) is 0 Å². The molecule has 0 spiro atoms. The molecular weight excluding hydrogens is 344 g/mol. The lowest BCUT2D eigenvalue weighted by atomic mass is 10.1. The average Bonchev–Trinajstić information content (AvgIpc) is 3.45. The summed E-state index contributed by atoms with van der Waals surface area (Å²) in [5.74, 6) is -0.804. The zero-order chi connectivity index (χ0) is 20.4. The van der Waals surface area contributed by atoms with Crippen LogP contribution in [-0.4, -0.2) is 51.2 Å². The van der Waals surface area contributed by atoms with Gasteiger partial charge in [0.15, 0.2) is 0 Å². The molecule has 5 nitrogen and oxygen atoms in total. The van der Waals surface area contributed by atoms with Gasteiger partial charge in [0.25, 0.3) is 5.97 Å². The number of epoxide rings is 1. The van der Waals surface area contributed by atoms with Gasteiger partial charge in [-0.05, 0) is 41.0 Å². The number of hydrogen-bond acceptors (Lipinski definition) is 5. The highest BCUT2D eigenvalue weighted by Crippen LogP contribution is 2.24. The molecule has 1 heterocycles. The van der Waals surface area contributed by atoms with Crippen LogP contribution in [0, 0.1) is 0 Å².